The molecule has 0 bridgehead atoms. The number of rotatable bonds is 8. The van der Waals surface area contributed by atoms with Gasteiger partial charge in [-0.3, -0.25) is 9.48 Å². The summed E-state index contributed by atoms with van der Waals surface area (Å²) in [6.07, 6.45) is 2.29. The lowest BCUT2D eigenvalue weighted by Gasteiger charge is -2.07. The first-order valence-electron chi connectivity index (χ1n) is 8.83. The third kappa shape index (κ3) is 4.93. The van der Waals surface area contributed by atoms with Gasteiger partial charge >= 0.3 is 0 Å². The van der Waals surface area contributed by atoms with Crippen molar-refractivity contribution in [1.82, 2.24) is 24.9 Å². The lowest BCUT2D eigenvalue weighted by molar-refractivity contribution is 0.0945. The molecule has 1 aromatic carbocycles. The number of hydrogen-bond acceptors (Lipinski definition) is 4. The minimum atomic E-state index is -0.798. The Balaban J connectivity index is 1.45. The Morgan fingerprint density at radius 2 is 2.00 bits per heavy atom. The van der Waals surface area contributed by atoms with Gasteiger partial charge in [0.05, 0.1) is 5.69 Å². The van der Waals surface area contributed by atoms with Crippen LogP contribution in [0, 0.1) is 25.5 Å². The standard InChI is InChI=1S/C19H21F2N5O2/c1-13-10-14(2)26(23-13)8-3-7-22-19(27)17-6-9-25(24-17)12-28-18-5-4-15(20)11-16(18)21/h4-6,9-11H,3,7-8,12H2,1-2H3,(H,22,27). The lowest BCUT2D eigenvalue weighted by atomic mass is 10.3. The van der Waals surface area contributed by atoms with Gasteiger partial charge < -0.3 is 10.1 Å². The molecular weight excluding hydrogens is 368 g/mol. The number of carbonyl (C=O) groups excluding carboxylic acids is 1. The third-order valence-corrected chi connectivity index (χ3v) is 4.06. The molecule has 0 saturated heterocycles. The van der Waals surface area contributed by atoms with Crippen molar-refractivity contribution in [2.75, 3.05) is 6.54 Å². The number of carbonyl (C=O) groups is 1. The van der Waals surface area contributed by atoms with Crippen LogP contribution in [0.15, 0.2) is 36.5 Å². The predicted octanol–water partition coefficient (Wildman–Crippen LogP) is 2.83. The summed E-state index contributed by atoms with van der Waals surface area (Å²) in [5.41, 5.74) is 2.28. The maximum absolute atomic E-state index is 13.5. The molecule has 3 rings (SSSR count). The van der Waals surface area contributed by atoms with Crippen molar-refractivity contribution in [2.24, 2.45) is 0 Å². The Morgan fingerprint density at radius 3 is 2.71 bits per heavy atom. The highest BCUT2D eigenvalue weighted by atomic mass is 19.1. The normalized spacial score (nSPS) is 10.9. The molecule has 0 aliphatic rings. The van der Waals surface area contributed by atoms with E-state index in [4.69, 9.17) is 4.74 Å². The molecule has 0 atom stereocenters. The molecule has 0 spiro atoms. The zero-order chi connectivity index (χ0) is 20.1. The molecule has 7 nitrogen and oxygen atoms in total. The van der Waals surface area contributed by atoms with Crippen LogP contribution in [0.2, 0.25) is 0 Å². The molecule has 9 heteroatoms. The van der Waals surface area contributed by atoms with Crippen LogP contribution in [0.25, 0.3) is 0 Å². The topological polar surface area (TPSA) is 74.0 Å². The van der Waals surface area contributed by atoms with Gasteiger partial charge in [-0.1, -0.05) is 0 Å². The number of benzene rings is 1. The number of aryl methyl sites for hydroxylation is 3. The van der Waals surface area contributed by atoms with E-state index in [1.54, 1.807) is 12.3 Å². The van der Waals surface area contributed by atoms with E-state index in [1.165, 1.54) is 10.7 Å². The van der Waals surface area contributed by atoms with E-state index in [-0.39, 0.29) is 24.1 Å². The fourth-order valence-corrected chi connectivity index (χ4v) is 2.71. The summed E-state index contributed by atoms with van der Waals surface area (Å²) >= 11 is 0. The second kappa shape index (κ2) is 8.64. The van der Waals surface area contributed by atoms with Gasteiger partial charge in [-0.05, 0) is 44.5 Å². The van der Waals surface area contributed by atoms with Crippen LogP contribution in [-0.4, -0.2) is 32.0 Å². The van der Waals surface area contributed by atoms with Crippen molar-refractivity contribution in [1.29, 1.82) is 0 Å². The Hall–Kier alpha value is -3.23. The van der Waals surface area contributed by atoms with Crippen LogP contribution < -0.4 is 10.1 Å². The first kappa shape index (κ1) is 19.5. The van der Waals surface area contributed by atoms with Crippen molar-refractivity contribution in [2.45, 2.75) is 33.5 Å². The van der Waals surface area contributed by atoms with Crippen LogP contribution in [-0.2, 0) is 13.3 Å². The Kier molecular flexibility index (Phi) is 6.03. The number of halogens is 2. The molecule has 1 amide bonds. The van der Waals surface area contributed by atoms with Crippen LogP contribution in [0.1, 0.15) is 28.3 Å². The average molecular weight is 389 g/mol. The average Bonchev–Trinajstić information content (AvgIpc) is 3.24. The zero-order valence-corrected chi connectivity index (χ0v) is 15.7. The maximum Gasteiger partial charge on any atom is 0.271 e. The molecule has 0 aliphatic carbocycles. The number of ether oxygens (including phenoxy) is 1. The number of nitrogens with one attached hydrogen (secondary N) is 1. The summed E-state index contributed by atoms with van der Waals surface area (Å²) in [6, 6.07) is 6.59. The first-order valence-corrected chi connectivity index (χ1v) is 8.83. The van der Waals surface area contributed by atoms with Crippen molar-refractivity contribution in [3.8, 4) is 5.75 Å². The van der Waals surface area contributed by atoms with Crippen molar-refractivity contribution < 1.29 is 18.3 Å². The SMILES string of the molecule is Cc1cc(C)n(CCCNC(=O)c2ccn(COc3ccc(F)cc3F)n2)n1. The van der Waals surface area contributed by atoms with Gasteiger partial charge in [0, 0.05) is 31.0 Å². The summed E-state index contributed by atoms with van der Waals surface area (Å²) in [5.74, 6) is -1.87. The highest BCUT2D eigenvalue weighted by molar-refractivity contribution is 5.92. The van der Waals surface area contributed by atoms with E-state index in [9.17, 15) is 13.6 Å². The number of amides is 1. The van der Waals surface area contributed by atoms with Crippen molar-refractivity contribution in [3.05, 3.63) is 65.2 Å². The van der Waals surface area contributed by atoms with Gasteiger partial charge in [0.25, 0.3) is 5.91 Å². The minimum Gasteiger partial charge on any atom is -0.468 e. The monoisotopic (exact) mass is 389 g/mol. The van der Waals surface area contributed by atoms with Crippen LogP contribution in [0.5, 0.6) is 5.75 Å². The summed E-state index contributed by atoms with van der Waals surface area (Å²) in [6.45, 7) is 5.03. The van der Waals surface area contributed by atoms with Gasteiger partial charge in [0.2, 0.25) is 0 Å². The van der Waals surface area contributed by atoms with E-state index in [0.717, 1.165) is 29.9 Å². The molecule has 0 saturated carbocycles. The van der Waals surface area contributed by atoms with E-state index in [1.807, 2.05) is 24.6 Å². The number of nitrogens with zero attached hydrogens (tertiary/aromatic N) is 4. The minimum absolute atomic E-state index is 0.0907. The fraction of sp³-hybridized carbons (Fsp3) is 0.316. The van der Waals surface area contributed by atoms with Gasteiger partial charge in [0.15, 0.2) is 18.3 Å². The highest BCUT2D eigenvalue weighted by Gasteiger charge is 2.10. The maximum atomic E-state index is 13.5. The molecule has 28 heavy (non-hydrogen) atoms. The van der Waals surface area contributed by atoms with Gasteiger partial charge in [-0.15, -0.1) is 0 Å². The molecule has 3 aromatic rings. The van der Waals surface area contributed by atoms with Crippen molar-refractivity contribution in [3.63, 3.8) is 0 Å². The molecule has 0 radical (unpaired) electrons. The van der Waals surface area contributed by atoms with Crippen LogP contribution >= 0.6 is 0 Å². The molecule has 0 aliphatic heterocycles. The van der Waals surface area contributed by atoms with Gasteiger partial charge in [-0.25, -0.2) is 13.5 Å². The smallest absolute Gasteiger partial charge is 0.271 e. The number of aromatic nitrogens is 4. The quantitative estimate of drug-likeness (QED) is 0.601. The summed E-state index contributed by atoms with van der Waals surface area (Å²) in [7, 11) is 0. The van der Waals surface area contributed by atoms with E-state index in [2.05, 4.69) is 15.5 Å². The molecule has 2 heterocycles. The fourth-order valence-electron chi connectivity index (χ4n) is 2.71. The molecule has 0 unspecified atom stereocenters. The second-order valence-corrected chi connectivity index (χ2v) is 6.35. The lowest BCUT2D eigenvalue weighted by Crippen LogP contribution is -2.26. The summed E-state index contributed by atoms with van der Waals surface area (Å²) in [4.78, 5) is 12.2. The first-order chi connectivity index (χ1) is 13.4. The molecule has 2 aromatic heterocycles. The van der Waals surface area contributed by atoms with Gasteiger partial charge in [-0.2, -0.15) is 10.2 Å². The summed E-state index contributed by atoms with van der Waals surface area (Å²) in [5, 5.41) is 11.3. The van der Waals surface area contributed by atoms with E-state index < -0.39 is 11.6 Å². The zero-order valence-electron chi connectivity index (χ0n) is 15.7. The predicted molar refractivity (Wildman–Crippen MR) is 97.9 cm³/mol. The highest BCUT2D eigenvalue weighted by Crippen LogP contribution is 2.17. The molecule has 1 N–H and O–H groups in total. The van der Waals surface area contributed by atoms with E-state index >= 15 is 0 Å². The molecule has 0 fully saturated rings. The third-order valence-electron chi connectivity index (χ3n) is 4.06. The Bertz CT molecular complexity index is 967. The Morgan fingerprint density at radius 1 is 1.18 bits per heavy atom. The largest absolute Gasteiger partial charge is 0.468 e. The van der Waals surface area contributed by atoms with Crippen molar-refractivity contribution >= 4 is 5.91 Å². The summed E-state index contributed by atoms with van der Waals surface area (Å²) < 4.78 is 34.9. The van der Waals surface area contributed by atoms with Crippen LogP contribution in [0.3, 0.4) is 0 Å². The van der Waals surface area contributed by atoms with Gasteiger partial charge in [0.1, 0.15) is 11.5 Å². The molecule has 148 valence electrons. The number of hydrogen-bond donors (Lipinski definition) is 1. The van der Waals surface area contributed by atoms with E-state index in [0.29, 0.717) is 13.1 Å². The second-order valence-electron chi connectivity index (χ2n) is 6.35. The molecular formula is C19H21F2N5O2. The van der Waals surface area contributed by atoms with Crippen LogP contribution in [0.4, 0.5) is 8.78 Å². The Labute approximate surface area is 160 Å².